The zero-order valence-corrected chi connectivity index (χ0v) is 79.4. The van der Waals surface area contributed by atoms with E-state index in [-0.39, 0.29) is 80.4 Å². The molecule has 0 spiro atoms. The summed E-state index contributed by atoms with van der Waals surface area (Å²) >= 11 is 35.0. The van der Waals surface area contributed by atoms with Gasteiger partial charge in [-0.25, -0.2) is 53.6 Å². The van der Waals surface area contributed by atoms with Gasteiger partial charge >= 0.3 is 0 Å². The van der Waals surface area contributed by atoms with E-state index in [0.29, 0.717) is 121 Å². The third-order valence-electron chi connectivity index (χ3n) is 22.2. The van der Waals surface area contributed by atoms with Crippen LogP contribution in [-0.4, -0.2) is 194 Å². The number of benzene rings is 8. The number of amides is 4. The highest BCUT2D eigenvalue weighted by molar-refractivity contribution is 7.94. The second-order valence-electron chi connectivity index (χ2n) is 30.4. The average Bonchev–Trinajstić information content (AvgIpc) is 1.77. The number of carbonyl (C=O) groups excluding carboxylic acids is 4. The second kappa shape index (κ2) is 41.5. The molecular weight excluding hydrogens is 1930 g/mol. The van der Waals surface area contributed by atoms with E-state index in [1.165, 1.54) is 70.4 Å². The van der Waals surface area contributed by atoms with Crippen molar-refractivity contribution < 1.29 is 72.7 Å². The molecule has 4 aromatic heterocycles. The number of aliphatic hydroxyl groups excluding tert-OH is 1. The molecule has 4 amide bonds. The molecule has 31 nitrogen and oxygen atoms in total. The molecule has 18 rings (SSSR count). The predicted molar refractivity (Wildman–Crippen MR) is 526 cm³/mol. The Morgan fingerprint density at radius 2 is 0.977 bits per heavy atom. The average molecular weight is 2030 g/mol. The van der Waals surface area contributed by atoms with Crippen LogP contribution in [0, 0.1) is 5.92 Å². The van der Waals surface area contributed by atoms with E-state index in [1.807, 2.05) is 53.1 Å². The van der Waals surface area contributed by atoms with E-state index in [1.54, 1.807) is 160 Å². The number of anilines is 10. The number of fused-ring (bicyclic) bond motifs is 2. The highest BCUT2D eigenvalue weighted by Gasteiger charge is 2.39. The summed E-state index contributed by atoms with van der Waals surface area (Å²) in [6, 6.07) is 49.1. The van der Waals surface area contributed by atoms with Gasteiger partial charge in [-0.2, -0.15) is 4.37 Å². The molecule has 6 aliphatic rings. The Bertz CT molecular complexity index is 6520. The SMILES string of the molecule is C[C@H](C(=O)N1CCN(c2ccc(S(=O)(=O)Nc3ncns3)cc2)CC1)N1CCCc2cc(Cl)ccc21.O=C(C1CCN(c2ccc(S(=O)(=O)Nc3nccs3)cc2)C1)N1CCc2ccc(Cl)cc21.O=C([C@H](O)c1cccc(Cl)c1)N1CCN(c2ccc(S(=O)(=O)Nc3nccs3)cc2)CC1.O=C1[C@@H](Oc2cccc(Cl)c2Cl)CCN1c1ccc(S(=O)(=O)Nc2nccs2)cc1.[HH].[HH].[HH].[HH].[HH].[HH].[HH]. The lowest BCUT2D eigenvalue weighted by atomic mass is 10.00. The molecule has 10 heterocycles. The number of sulfonamides is 4. The maximum absolute atomic E-state index is 13.4. The zero-order valence-electron chi connectivity index (χ0n) is 69.0. The number of thiazole rings is 3. The number of aryl methyl sites for hydroxylation is 1. The monoisotopic (exact) mass is 2020 g/mol. The van der Waals surface area contributed by atoms with E-state index in [9.17, 15) is 58.0 Å². The summed E-state index contributed by atoms with van der Waals surface area (Å²) < 4.78 is 119. The summed E-state index contributed by atoms with van der Waals surface area (Å²) in [7, 11) is -14.9. The third-order valence-corrected chi connectivity index (χ3v) is 32.3. The number of piperazine rings is 2. The van der Waals surface area contributed by atoms with Crippen LogP contribution in [0.5, 0.6) is 5.75 Å². The smallest absolute Gasteiger partial charge is 0.268 e. The minimum Gasteiger partial charge on any atom is -0.479 e. The molecule has 12 aromatic rings. The molecule has 0 bridgehead atoms. The van der Waals surface area contributed by atoms with Crippen LogP contribution >= 0.6 is 104 Å². The van der Waals surface area contributed by atoms with Gasteiger partial charge in [0.05, 0.1) is 30.5 Å². The van der Waals surface area contributed by atoms with E-state index in [2.05, 4.69) is 62.8 Å². The standard InChI is InChI=1S/C24H27ClN6O3S2.C22H21ClN4O3S2.C21H21ClN4O4S2.C19H15Cl2N3O4S2.7H2/c1-17(31-10-2-3-18-15-19(25)4-9-22(18)31)23(32)30-13-11-29(12-14-30)20-5-7-21(8-6-20)36(33,34)28-24-26-16-27-35-24;23-17-2-1-15-8-11-27(20(15)13-17)21(28)16-7-10-26(14-16)18-3-5-19(6-4-18)32(29,30)25-22-24-9-12-31-22;22-16-3-1-2-15(14-16)19(27)20(28)26-11-9-25(10-12-26)17-4-6-18(7-5-17)32(29,30)24-21-23-8-13-31-21;20-14-2-1-3-15(17(14)21)28-16-8-10-24(18(16)25)12-4-6-13(7-5-12)30(26,27)23-19-22-9-11-29-19;;;;;;;/h4-9,15-17H,2-3,10-14H2,1H3,(H,26,27,28);1-6,9,12-13,16H,7-8,10-11,14H2,(H,24,25);1-8,13-14,19,27H,9-12H2,(H,23,24);1-7,9,11,16H,8,10H2,(H,22,23);7*1H/t17-;;19-;16-;;;;;;;/m1.10......./s1. The number of nitrogens with zero attached hydrogens (tertiary/aromatic N) is 13. The number of nitrogens with one attached hydrogen (secondary N) is 4. The van der Waals surface area contributed by atoms with Gasteiger partial charge in [0.15, 0.2) is 27.6 Å². The van der Waals surface area contributed by atoms with E-state index in [4.69, 9.17) is 62.7 Å². The van der Waals surface area contributed by atoms with Crippen molar-refractivity contribution in [3.63, 3.8) is 0 Å². The number of hydrogen-bond acceptors (Lipinski definition) is 27. The Balaban J connectivity index is 0.000000221. The van der Waals surface area contributed by atoms with E-state index < -0.39 is 52.3 Å². The van der Waals surface area contributed by atoms with Crippen molar-refractivity contribution in [1.29, 1.82) is 0 Å². The van der Waals surface area contributed by atoms with E-state index in [0.717, 1.165) is 89.3 Å². The molecule has 0 radical (unpaired) electrons. The summed E-state index contributed by atoms with van der Waals surface area (Å²) in [5.41, 5.74) is 8.10. The minimum absolute atomic E-state index is 0. The van der Waals surface area contributed by atoms with Crippen molar-refractivity contribution >= 4 is 222 Å². The summed E-state index contributed by atoms with van der Waals surface area (Å²) in [4.78, 5) is 83.8. The fraction of sp³-hybridized carbons (Fsp3) is 0.267. The number of rotatable bonds is 23. The molecule has 0 aliphatic carbocycles. The van der Waals surface area contributed by atoms with Crippen LogP contribution < -0.4 is 53.0 Å². The lowest BCUT2D eigenvalue weighted by Gasteiger charge is -2.41. The molecule has 0 saturated carbocycles. The predicted octanol–water partition coefficient (Wildman–Crippen LogP) is 16.6. The first kappa shape index (κ1) is 94.2. The molecular formula is C86H98Cl5N17O14S8. The summed E-state index contributed by atoms with van der Waals surface area (Å²) in [5, 5.41) is 19.1. The molecule has 8 aromatic carbocycles. The molecule has 4 fully saturated rings. The quantitative estimate of drug-likeness (QED) is 0.0397. The lowest BCUT2D eigenvalue weighted by Crippen LogP contribution is -2.55. The second-order valence-corrected chi connectivity index (χ2v) is 42.7. The van der Waals surface area contributed by atoms with Crippen molar-refractivity contribution in [1.82, 2.24) is 34.1 Å². The van der Waals surface area contributed by atoms with E-state index >= 15 is 0 Å². The first-order valence-electron chi connectivity index (χ1n) is 40.7. The topological polar surface area (TPSA) is 373 Å². The minimum atomic E-state index is -3.75. The molecule has 130 heavy (non-hydrogen) atoms. The Hall–Kier alpha value is -10.5. The van der Waals surface area contributed by atoms with Gasteiger partial charge in [0.1, 0.15) is 23.1 Å². The van der Waals surface area contributed by atoms with Crippen LogP contribution in [0.3, 0.4) is 0 Å². The number of aliphatic hydroxyl groups is 1. The molecule has 5 N–H and O–H groups in total. The van der Waals surface area contributed by atoms with Gasteiger partial charge in [-0.05, 0) is 201 Å². The van der Waals surface area contributed by atoms with Gasteiger partial charge in [-0.1, -0.05) is 82.3 Å². The largest absolute Gasteiger partial charge is 0.479 e. The van der Waals surface area contributed by atoms with Gasteiger partial charge < -0.3 is 49.0 Å². The van der Waals surface area contributed by atoms with Gasteiger partial charge in [0, 0.05) is 197 Å². The van der Waals surface area contributed by atoms with Crippen LogP contribution in [-0.2, 0) is 72.1 Å². The molecule has 6 aliphatic heterocycles. The highest BCUT2D eigenvalue weighted by atomic mass is 35.5. The maximum atomic E-state index is 13.4. The molecule has 4 atom stereocenters. The summed E-state index contributed by atoms with van der Waals surface area (Å²) in [6.45, 7) is 9.92. The molecule has 4 saturated heterocycles. The first-order valence-corrected chi connectivity index (χ1v) is 51.9. The van der Waals surface area contributed by atoms with Crippen molar-refractivity contribution in [3.8, 4) is 5.75 Å². The Morgan fingerprint density at radius 3 is 1.49 bits per heavy atom. The Kier molecular flexibility index (Phi) is 30.1. The van der Waals surface area contributed by atoms with Crippen molar-refractivity contribution in [2.24, 2.45) is 5.92 Å². The number of ether oxygens (including phenoxy) is 1. The normalized spacial score (nSPS) is 16.8. The van der Waals surface area contributed by atoms with Crippen LogP contribution in [0.1, 0.15) is 59.0 Å². The van der Waals surface area contributed by atoms with Crippen LogP contribution in [0.15, 0.2) is 237 Å². The summed E-state index contributed by atoms with van der Waals surface area (Å²) in [5.74, 6) is -0.0971. The van der Waals surface area contributed by atoms with Gasteiger partial charge in [0.25, 0.3) is 51.9 Å². The first-order chi connectivity index (χ1) is 62.4. The number of halogens is 5. The van der Waals surface area contributed by atoms with Crippen LogP contribution in [0.2, 0.25) is 25.1 Å². The fourth-order valence-electron chi connectivity index (χ4n) is 15.6. The highest BCUT2D eigenvalue weighted by Crippen LogP contribution is 2.39. The van der Waals surface area contributed by atoms with Crippen LogP contribution in [0.25, 0.3) is 0 Å². The Morgan fingerprint density at radius 1 is 0.485 bits per heavy atom. The van der Waals surface area contributed by atoms with Crippen molar-refractivity contribution in [2.75, 3.05) is 133 Å². The lowest BCUT2D eigenvalue weighted by molar-refractivity contribution is -0.140. The van der Waals surface area contributed by atoms with Gasteiger partial charge in [-0.15, -0.1) is 34.0 Å². The molecule has 694 valence electrons. The third kappa shape index (κ3) is 22.8. The van der Waals surface area contributed by atoms with Crippen molar-refractivity contribution in [3.05, 3.63) is 259 Å². The molecule has 1 unspecified atom stereocenters. The molecule has 44 heteroatoms. The Labute approximate surface area is 802 Å². The van der Waals surface area contributed by atoms with Crippen LogP contribution in [0.4, 0.5) is 54.7 Å². The fourth-order valence-corrected chi connectivity index (χ4v) is 23.5. The van der Waals surface area contributed by atoms with Gasteiger partial charge in [0.2, 0.25) is 16.9 Å². The number of carbonyl (C=O) groups is 4. The number of aromatic nitrogens is 5. The van der Waals surface area contributed by atoms with Crippen molar-refractivity contribution in [2.45, 2.75) is 76.9 Å². The summed E-state index contributed by atoms with van der Waals surface area (Å²) in [6.07, 6.45) is 7.99. The zero-order chi connectivity index (χ0) is 91.6. The maximum Gasteiger partial charge on any atom is 0.268 e. The van der Waals surface area contributed by atoms with Gasteiger partial charge in [-0.3, -0.25) is 38.1 Å². The number of hydrogen-bond donors (Lipinski definition) is 5.